The van der Waals surface area contributed by atoms with E-state index < -0.39 is 11.9 Å². The summed E-state index contributed by atoms with van der Waals surface area (Å²) in [6.07, 6.45) is -0.516. The minimum absolute atomic E-state index is 0.140. The molecule has 1 heterocycles. The first-order valence-electron chi connectivity index (χ1n) is 8.17. The van der Waals surface area contributed by atoms with Gasteiger partial charge in [0.15, 0.2) is 0 Å². The maximum absolute atomic E-state index is 12.7. The highest BCUT2D eigenvalue weighted by Crippen LogP contribution is 2.34. The van der Waals surface area contributed by atoms with Gasteiger partial charge in [0.1, 0.15) is 11.4 Å². The Morgan fingerprint density at radius 3 is 2.58 bits per heavy atom. The Balaban J connectivity index is 1.88. The summed E-state index contributed by atoms with van der Waals surface area (Å²) in [5.74, 6) is 0.0563. The molecule has 2 rings (SSSR count). The first-order chi connectivity index (χ1) is 11.3. The number of alkyl halides is 3. The van der Waals surface area contributed by atoms with Crippen molar-refractivity contribution in [2.24, 2.45) is 11.8 Å². The lowest BCUT2D eigenvalue weighted by Crippen LogP contribution is -2.31. The van der Waals surface area contributed by atoms with Crippen LogP contribution in [0.25, 0.3) is 0 Å². The first kappa shape index (κ1) is 18.5. The Labute approximate surface area is 139 Å². The van der Waals surface area contributed by atoms with Crippen LogP contribution >= 0.6 is 0 Å². The summed E-state index contributed by atoms with van der Waals surface area (Å²) in [6.45, 7) is 4.01. The van der Waals surface area contributed by atoms with Gasteiger partial charge in [0.25, 0.3) is 0 Å². The molecule has 24 heavy (non-hydrogen) atoms. The molecule has 1 saturated carbocycles. The molecule has 4 nitrogen and oxygen atoms in total. The van der Waals surface area contributed by atoms with Gasteiger partial charge in [-0.05, 0) is 44.6 Å². The number of aromatic nitrogens is 1. The molecule has 0 saturated heterocycles. The largest absolute Gasteiger partial charge is 0.490 e. The molecule has 1 aromatic heterocycles. The van der Waals surface area contributed by atoms with E-state index >= 15 is 0 Å². The van der Waals surface area contributed by atoms with Crippen LogP contribution in [0.2, 0.25) is 0 Å². The quantitative estimate of drug-likeness (QED) is 0.749. The molecule has 0 radical (unpaired) electrons. The molecule has 0 bridgehead atoms. The first-order valence-corrected chi connectivity index (χ1v) is 8.17. The van der Waals surface area contributed by atoms with Crippen molar-refractivity contribution < 1.29 is 27.4 Å². The van der Waals surface area contributed by atoms with Crippen LogP contribution in [0.4, 0.5) is 13.2 Å². The summed E-state index contributed by atoms with van der Waals surface area (Å²) >= 11 is 0. The van der Waals surface area contributed by atoms with Gasteiger partial charge in [-0.3, -0.25) is 9.78 Å². The molecule has 0 amide bonds. The van der Waals surface area contributed by atoms with E-state index in [1.165, 1.54) is 6.07 Å². The fraction of sp³-hybridized carbons (Fsp3) is 0.647. The molecule has 0 spiro atoms. The van der Waals surface area contributed by atoms with E-state index in [1.54, 1.807) is 6.92 Å². The Bertz CT molecular complexity index is 554. The van der Waals surface area contributed by atoms with Gasteiger partial charge in [-0.2, -0.15) is 13.2 Å². The average molecular weight is 345 g/mol. The highest BCUT2D eigenvalue weighted by atomic mass is 19.4. The topological polar surface area (TPSA) is 48.4 Å². The third-order valence-electron chi connectivity index (χ3n) is 4.41. The number of hydrogen-bond donors (Lipinski definition) is 0. The van der Waals surface area contributed by atoms with Gasteiger partial charge in [0, 0.05) is 12.3 Å². The van der Waals surface area contributed by atoms with Gasteiger partial charge in [0.05, 0.1) is 18.6 Å². The molecule has 0 aromatic carbocycles. The number of carbonyl (C=O) groups is 1. The molecule has 1 atom stereocenters. The third-order valence-corrected chi connectivity index (χ3v) is 4.41. The number of rotatable bonds is 5. The summed E-state index contributed by atoms with van der Waals surface area (Å²) in [7, 11) is 0. The van der Waals surface area contributed by atoms with Crippen molar-refractivity contribution in [1.29, 1.82) is 0 Å². The van der Waals surface area contributed by atoms with E-state index in [4.69, 9.17) is 9.47 Å². The lowest BCUT2D eigenvalue weighted by atomic mass is 9.80. The second-order valence-electron chi connectivity index (χ2n) is 6.07. The van der Waals surface area contributed by atoms with Crippen LogP contribution in [0.5, 0.6) is 5.75 Å². The second kappa shape index (κ2) is 7.85. The van der Waals surface area contributed by atoms with Crippen molar-refractivity contribution in [3.8, 4) is 5.75 Å². The lowest BCUT2D eigenvalue weighted by Gasteiger charge is -2.31. The van der Waals surface area contributed by atoms with Crippen LogP contribution in [0, 0.1) is 11.8 Å². The summed E-state index contributed by atoms with van der Waals surface area (Å²) in [5.41, 5.74) is -0.954. The fourth-order valence-corrected chi connectivity index (χ4v) is 3.00. The maximum Gasteiger partial charge on any atom is 0.433 e. The second-order valence-corrected chi connectivity index (χ2v) is 6.07. The van der Waals surface area contributed by atoms with Gasteiger partial charge in [-0.1, -0.05) is 6.92 Å². The van der Waals surface area contributed by atoms with Crippen molar-refractivity contribution in [3.05, 3.63) is 24.0 Å². The number of pyridine rings is 1. The van der Waals surface area contributed by atoms with Crippen molar-refractivity contribution in [2.75, 3.05) is 6.61 Å². The molecule has 7 heteroatoms. The normalized spacial score (nSPS) is 22.7. The molecule has 134 valence electrons. The average Bonchev–Trinajstić information content (AvgIpc) is 2.54. The fourth-order valence-electron chi connectivity index (χ4n) is 3.00. The third kappa shape index (κ3) is 4.85. The zero-order valence-corrected chi connectivity index (χ0v) is 13.8. The summed E-state index contributed by atoms with van der Waals surface area (Å²) in [6, 6.07) is 2.36. The van der Waals surface area contributed by atoms with Crippen LogP contribution in [-0.4, -0.2) is 23.7 Å². The molecule has 0 N–H and O–H groups in total. The lowest BCUT2D eigenvalue weighted by molar-refractivity contribution is -0.150. The van der Waals surface area contributed by atoms with Crippen LogP contribution in [0.15, 0.2) is 18.3 Å². The molecule has 1 aliphatic carbocycles. The summed E-state index contributed by atoms with van der Waals surface area (Å²) in [4.78, 5) is 15.1. The number of esters is 1. The van der Waals surface area contributed by atoms with Crippen LogP contribution in [0.1, 0.15) is 45.2 Å². The smallest absolute Gasteiger partial charge is 0.433 e. The van der Waals surface area contributed by atoms with Crippen molar-refractivity contribution >= 4 is 5.97 Å². The van der Waals surface area contributed by atoms with Gasteiger partial charge < -0.3 is 9.47 Å². The van der Waals surface area contributed by atoms with Gasteiger partial charge in [-0.15, -0.1) is 0 Å². The zero-order chi connectivity index (χ0) is 17.7. The van der Waals surface area contributed by atoms with Crippen molar-refractivity contribution in [1.82, 2.24) is 4.98 Å². The molecular formula is C17H22F3NO3. The molecule has 0 aliphatic heterocycles. The summed E-state index contributed by atoms with van der Waals surface area (Å²) < 4.78 is 48.7. The molecule has 1 fully saturated rings. The molecular weight excluding hydrogens is 323 g/mol. The van der Waals surface area contributed by atoms with Gasteiger partial charge in [0.2, 0.25) is 0 Å². The van der Waals surface area contributed by atoms with Crippen molar-refractivity contribution in [3.63, 3.8) is 0 Å². The van der Waals surface area contributed by atoms with Gasteiger partial charge >= 0.3 is 12.1 Å². The number of carbonyl (C=O) groups excluding carboxylic acids is 1. The van der Waals surface area contributed by atoms with Crippen molar-refractivity contribution in [2.45, 2.75) is 51.8 Å². The van der Waals surface area contributed by atoms with E-state index in [0.29, 0.717) is 19.4 Å². The standard InChI is InChI=1S/C17H22F3NO3/c1-3-23-16(22)11(2)12-4-6-13(7-5-12)24-14-8-9-21-15(10-14)17(18,19)20/h8-13H,3-7H2,1-2H3. The van der Waals surface area contributed by atoms with E-state index in [1.807, 2.05) is 6.92 Å². The molecule has 1 unspecified atom stereocenters. The number of halogens is 3. The zero-order valence-electron chi connectivity index (χ0n) is 13.8. The monoisotopic (exact) mass is 345 g/mol. The number of hydrogen-bond acceptors (Lipinski definition) is 4. The Morgan fingerprint density at radius 1 is 1.33 bits per heavy atom. The SMILES string of the molecule is CCOC(=O)C(C)C1CCC(Oc2ccnc(C(F)(F)F)c2)CC1. The minimum Gasteiger partial charge on any atom is -0.490 e. The van der Waals surface area contributed by atoms with E-state index in [2.05, 4.69) is 4.98 Å². The number of ether oxygens (including phenoxy) is 2. The Kier molecular flexibility index (Phi) is 6.07. The van der Waals surface area contributed by atoms with Gasteiger partial charge in [-0.25, -0.2) is 0 Å². The Hall–Kier alpha value is -1.79. The molecule has 1 aromatic rings. The number of nitrogens with zero attached hydrogens (tertiary/aromatic N) is 1. The van der Waals surface area contributed by atoms with E-state index in [9.17, 15) is 18.0 Å². The predicted molar refractivity (Wildman–Crippen MR) is 81.4 cm³/mol. The van der Waals surface area contributed by atoms with Crippen LogP contribution in [0.3, 0.4) is 0 Å². The van der Waals surface area contributed by atoms with Crippen LogP contribution in [-0.2, 0) is 15.7 Å². The van der Waals surface area contributed by atoms with E-state index in [0.717, 1.165) is 25.1 Å². The summed E-state index contributed by atoms with van der Waals surface area (Å²) in [5, 5.41) is 0. The van der Waals surface area contributed by atoms with E-state index in [-0.39, 0.29) is 29.7 Å². The minimum atomic E-state index is -4.48. The van der Waals surface area contributed by atoms with Crippen LogP contribution < -0.4 is 4.74 Å². The maximum atomic E-state index is 12.7. The Morgan fingerprint density at radius 2 is 2.00 bits per heavy atom. The highest BCUT2D eigenvalue weighted by Gasteiger charge is 2.33. The predicted octanol–water partition coefficient (Wildman–Crippen LogP) is 4.24. The highest BCUT2D eigenvalue weighted by molar-refractivity contribution is 5.72. The molecule has 1 aliphatic rings.